The largest absolute Gasteiger partial charge is 0.466 e. The van der Waals surface area contributed by atoms with Crippen LogP contribution in [-0.2, 0) is 9.53 Å². The summed E-state index contributed by atoms with van der Waals surface area (Å²) in [6, 6.07) is 0. The molecule has 0 aliphatic heterocycles. The lowest BCUT2D eigenvalue weighted by Crippen LogP contribution is -2.45. The van der Waals surface area contributed by atoms with E-state index in [1.165, 1.54) is 6.42 Å². The fourth-order valence-corrected chi connectivity index (χ4v) is 2.90. The van der Waals surface area contributed by atoms with Crippen LogP contribution >= 0.6 is 0 Å². The number of rotatable bonds is 5. The van der Waals surface area contributed by atoms with E-state index >= 15 is 0 Å². The van der Waals surface area contributed by atoms with Crippen LogP contribution in [0.15, 0.2) is 0 Å². The van der Waals surface area contributed by atoms with E-state index in [4.69, 9.17) is 4.74 Å². The lowest BCUT2D eigenvalue weighted by molar-refractivity contribution is -0.144. The summed E-state index contributed by atoms with van der Waals surface area (Å²) in [5.74, 6) is -0.0684. The van der Waals surface area contributed by atoms with Crippen LogP contribution in [0, 0.1) is 5.41 Å². The molecule has 1 aliphatic carbocycles. The van der Waals surface area contributed by atoms with Crippen molar-refractivity contribution in [2.45, 2.75) is 58.9 Å². The van der Waals surface area contributed by atoms with Crippen molar-refractivity contribution < 1.29 is 9.53 Å². The van der Waals surface area contributed by atoms with Gasteiger partial charge in [-0.05, 0) is 38.1 Å². The molecule has 1 fully saturated rings. The van der Waals surface area contributed by atoms with Gasteiger partial charge in [0.2, 0.25) is 0 Å². The summed E-state index contributed by atoms with van der Waals surface area (Å²) in [4.78, 5) is 11.6. The molecule has 1 rings (SSSR count). The molecule has 0 spiro atoms. The molecule has 0 saturated heterocycles. The highest BCUT2D eigenvalue weighted by Gasteiger charge is 2.44. The predicted molar refractivity (Wildman–Crippen MR) is 65.3 cm³/mol. The minimum atomic E-state index is -0.0684. The molecule has 16 heavy (non-hydrogen) atoms. The lowest BCUT2D eigenvalue weighted by Gasteiger charge is -2.31. The van der Waals surface area contributed by atoms with Gasteiger partial charge in [-0.2, -0.15) is 0 Å². The molecule has 0 amide bonds. The summed E-state index contributed by atoms with van der Waals surface area (Å²) in [6.07, 6.45) is 3.83. The molecule has 1 unspecified atom stereocenters. The summed E-state index contributed by atoms with van der Waals surface area (Å²) < 4.78 is 5.06. The van der Waals surface area contributed by atoms with Crippen LogP contribution in [0.25, 0.3) is 0 Å². The SMILES string of the molecule is CCNC1(CC(=O)OCC)CCC(C)(C)C1. The summed E-state index contributed by atoms with van der Waals surface area (Å²) >= 11 is 0. The van der Waals surface area contributed by atoms with Crippen molar-refractivity contribution in [3.05, 3.63) is 0 Å². The molecule has 94 valence electrons. The van der Waals surface area contributed by atoms with Crippen molar-refractivity contribution in [2.75, 3.05) is 13.2 Å². The Kier molecular flexibility index (Phi) is 4.36. The van der Waals surface area contributed by atoms with Gasteiger partial charge in [0, 0.05) is 5.54 Å². The molecule has 0 bridgehead atoms. The number of carbonyl (C=O) groups is 1. The molecule has 1 atom stereocenters. The summed E-state index contributed by atoms with van der Waals surface area (Å²) in [6.45, 7) is 9.89. The summed E-state index contributed by atoms with van der Waals surface area (Å²) in [5.41, 5.74) is 0.319. The number of esters is 1. The smallest absolute Gasteiger partial charge is 0.307 e. The van der Waals surface area contributed by atoms with Gasteiger partial charge in [-0.25, -0.2) is 0 Å². The van der Waals surface area contributed by atoms with Gasteiger partial charge in [-0.1, -0.05) is 20.8 Å². The molecule has 3 heteroatoms. The van der Waals surface area contributed by atoms with Gasteiger partial charge < -0.3 is 10.1 Å². The van der Waals surface area contributed by atoms with Crippen molar-refractivity contribution in [2.24, 2.45) is 5.41 Å². The Morgan fingerprint density at radius 3 is 2.44 bits per heavy atom. The lowest BCUT2D eigenvalue weighted by atomic mass is 9.86. The van der Waals surface area contributed by atoms with E-state index in [9.17, 15) is 4.79 Å². The number of hydrogen-bond donors (Lipinski definition) is 1. The minimum absolute atomic E-state index is 0.0233. The Morgan fingerprint density at radius 1 is 1.31 bits per heavy atom. The molecule has 0 heterocycles. The van der Waals surface area contributed by atoms with Crippen molar-refractivity contribution in [1.82, 2.24) is 5.32 Å². The first-order valence-corrected chi connectivity index (χ1v) is 6.34. The fourth-order valence-electron chi connectivity index (χ4n) is 2.90. The molecule has 1 saturated carbocycles. The second-order valence-electron chi connectivity index (χ2n) is 5.63. The van der Waals surface area contributed by atoms with Gasteiger partial charge in [0.25, 0.3) is 0 Å². The number of nitrogens with one attached hydrogen (secondary N) is 1. The van der Waals surface area contributed by atoms with Crippen molar-refractivity contribution in [3.8, 4) is 0 Å². The third-order valence-electron chi connectivity index (χ3n) is 3.44. The maximum atomic E-state index is 11.6. The van der Waals surface area contributed by atoms with Crippen molar-refractivity contribution in [1.29, 1.82) is 0 Å². The van der Waals surface area contributed by atoms with Gasteiger partial charge in [-0.3, -0.25) is 4.79 Å². The van der Waals surface area contributed by atoms with Gasteiger partial charge in [0.15, 0.2) is 0 Å². The minimum Gasteiger partial charge on any atom is -0.466 e. The molecular weight excluding hydrogens is 202 g/mol. The van der Waals surface area contributed by atoms with E-state index in [0.717, 1.165) is 19.4 Å². The highest BCUT2D eigenvalue weighted by molar-refractivity contribution is 5.71. The van der Waals surface area contributed by atoms with Crippen molar-refractivity contribution in [3.63, 3.8) is 0 Å². The molecule has 0 aromatic heterocycles. The normalized spacial score (nSPS) is 28.0. The third kappa shape index (κ3) is 3.48. The van der Waals surface area contributed by atoms with Crippen molar-refractivity contribution >= 4 is 5.97 Å². The zero-order valence-corrected chi connectivity index (χ0v) is 11.1. The quantitative estimate of drug-likeness (QED) is 0.733. The van der Waals surface area contributed by atoms with Crippen LogP contribution in [0.2, 0.25) is 0 Å². The zero-order chi connectivity index (χ0) is 12.2. The van der Waals surface area contributed by atoms with E-state index in [1.54, 1.807) is 0 Å². The number of carbonyl (C=O) groups excluding carboxylic acids is 1. The van der Waals surface area contributed by atoms with Crippen LogP contribution in [-0.4, -0.2) is 24.7 Å². The molecule has 0 radical (unpaired) electrons. The Bertz CT molecular complexity index is 250. The molecule has 0 aromatic carbocycles. The van der Waals surface area contributed by atoms with Crippen LogP contribution in [0.5, 0.6) is 0 Å². The van der Waals surface area contributed by atoms with Crippen LogP contribution in [0.4, 0.5) is 0 Å². The summed E-state index contributed by atoms with van der Waals surface area (Å²) in [7, 11) is 0. The van der Waals surface area contributed by atoms with Crippen LogP contribution < -0.4 is 5.32 Å². The first-order valence-electron chi connectivity index (χ1n) is 6.34. The molecular formula is C13H25NO2. The van der Waals surface area contributed by atoms with E-state index in [-0.39, 0.29) is 11.5 Å². The van der Waals surface area contributed by atoms with Crippen LogP contribution in [0.1, 0.15) is 53.4 Å². The maximum Gasteiger partial charge on any atom is 0.307 e. The van der Waals surface area contributed by atoms with E-state index in [2.05, 4.69) is 26.1 Å². The van der Waals surface area contributed by atoms with Gasteiger partial charge in [-0.15, -0.1) is 0 Å². The van der Waals surface area contributed by atoms with Gasteiger partial charge in [0.1, 0.15) is 0 Å². The average Bonchev–Trinajstić information content (AvgIpc) is 2.42. The van der Waals surface area contributed by atoms with E-state index in [1.807, 2.05) is 6.92 Å². The standard InChI is InChI=1S/C13H25NO2/c1-5-14-13(9-11(15)16-6-2)8-7-12(3,4)10-13/h14H,5-10H2,1-4H3. The summed E-state index contributed by atoms with van der Waals surface area (Å²) in [5, 5.41) is 3.50. The topological polar surface area (TPSA) is 38.3 Å². The number of hydrogen-bond acceptors (Lipinski definition) is 3. The highest BCUT2D eigenvalue weighted by Crippen LogP contribution is 2.45. The molecule has 1 N–H and O–H groups in total. The Labute approximate surface area is 98.9 Å². The maximum absolute atomic E-state index is 11.6. The third-order valence-corrected chi connectivity index (χ3v) is 3.44. The monoisotopic (exact) mass is 227 g/mol. The van der Waals surface area contributed by atoms with E-state index < -0.39 is 0 Å². The van der Waals surface area contributed by atoms with Gasteiger partial charge in [0.05, 0.1) is 13.0 Å². The zero-order valence-electron chi connectivity index (χ0n) is 11.1. The number of ether oxygens (including phenoxy) is 1. The van der Waals surface area contributed by atoms with Gasteiger partial charge >= 0.3 is 5.97 Å². The highest BCUT2D eigenvalue weighted by atomic mass is 16.5. The Morgan fingerprint density at radius 2 is 2.00 bits per heavy atom. The Hall–Kier alpha value is -0.570. The van der Waals surface area contributed by atoms with Crippen LogP contribution in [0.3, 0.4) is 0 Å². The molecule has 0 aromatic rings. The first kappa shape index (κ1) is 13.5. The average molecular weight is 227 g/mol. The fraction of sp³-hybridized carbons (Fsp3) is 0.923. The predicted octanol–water partition coefficient (Wildman–Crippen LogP) is 2.50. The first-order chi connectivity index (χ1) is 7.43. The molecule has 1 aliphatic rings. The second-order valence-corrected chi connectivity index (χ2v) is 5.63. The molecule has 3 nitrogen and oxygen atoms in total. The Balaban J connectivity index is 2.64. The van der Waals surface area contributed by atoms with E-state index in [0.29, 0.717) is 18.4 Å². The second kappa shape index (κ2) is 5.17.